The molecule has 37 heavy (non-hydrogen) atoms. The zero-order valence-electron chi connectivity index (χ0n) is 22.2. The highest BCUT2D eigenvalue weighted by Gasteiger charge is 2.24. The highest BCUT2D eigenvalue weighted by atomic mass is 16.5. The maximum absolute atomic E-state index is 12.3. The van der Waals surface area contributed by atoms with Gasteiger partial charge >= 0.3 is 5.97 Å². The molecule has 0 saturated heterocycles. The fourth-order valence-electron chi connectivity index (χ4n) is 4.66. The van der Waals surface area contributed by atoms with E-state index in [1.165, 1.54) is 5.56 Å². The van der Waals surface area contributed by atoms with Crippen LogP contribution in [0.25, 0.3) is 11.5 Å². The van der Waals surface area contributed by atoms with Crippen molar-refractivity contribution in [1.82, 2.24) is 4.98 Å². The molecule has 1 saturated carbocycles. The standard InChI is InChI=1S/C30H37NO6/c1-5-33-30(32)28-21(3)10-7-14-27(28)35-16-15-34-24-12-8-13-25(18-24)36-19-26-22(4)37-29(31-26)23-11-6-9-20(2)17-23/h6-7,9-11,14,17,24-25H,5,8,12-13,15-16,18-19H2,1-4H3/t24-,25+/m1/s1. The van der Waals surface area contributed by atoms with E-state index in [0.29, 0.717) is 43.6 Å². The van der Waals surface area contributed by atoms with Gasteiger partial charge in [0.1, 0.15) is 29.4 Å². The maximum atomic E-state index is 12.3. The first-order valence-electron chi connectivity index (χ1n) is 13.1. The van der Waals surface area contributed by atoms with Crippen LogP contribution in [0.5, 0.6) is 5.75 Å². The lowest BCUT2D eigenvalue weighted by atomic mass is 9.95. The maximum Gasteiger partial charge on any atom is 0.342 e. The predicted octanol–water partition coefficient (Wildman–Crippen LogP) is 6.37. The van der Waals surface area contributed by atoms with Crippen LogP contribution in [-0.2, 0) is 20.8 Å². The summed E-state index contributed by atoms with van der Waals surface area (Å²) in [6.45, 7) is 9.20. The third-order valence-electron chi connectivity index (χ3n) is 6.60. The Kier molecular flexibility index (Phi) is 9.36. The molecule has 4 rings (SSSR count). The minimum atomic E-state index is -0.364. The summed E-state index contributed by atoms with van der Waals surface area (Å²) < 4.78 is 29.3. The van der Waals surface area contributed by atoms with Crippen LogP contribution in [0.2, 0.25) is 0 Å². The quantitative estimate of drug-likeness (QED) is 0.220. The molecule has 0 unspecified atom stereocenters. The summed E-state index contributed by atoms with van der Waals surface area (Å²) in [5, 5.41) is 0. The Morgan fingerprint density at radius 3 is 2.59 bits per heavy atom. The molecule has 0 radical (unpaired) electrons. The Labute approximate surface area is 219 Å². The molecule has 0 N–H and O–H groups in total. The molecule has 3 aromatic rings. The second-order valence-electron chi connectivity index (χ2n) is 9.50. The van der Waals surface area contributed by atoms with Crippen molar-refractivity contribution in [2.75, 3.05) is 19.8 Å². The fraction of sp³-hybridized carbons (Fsp3) is 0.467. The van der Waals surface area contributed by atoms with E-state index in [0.717, 1.165) is 48.3 Å². The van der Waals surface area contributed by atoms with Gasteiger partial charge in [-0.2, -0.15) is 0 Å². The highest BCUT2D eigenvalue weighted by Crippen LogP contribution is 2.27. The van der Waals surface area contributed by atoms with Crippen LogP contribution < -0.4 is 4.74 Å². The average Bonchev–Trinajstić information content (AvgIpc) is 3.26. The summed E-state index contributed by atoms with van der Waals surface area (Å²) in [4.78, 5) is 17.0. The SMILES string of the molecule is CCOC(=O)c1c(C)cccc1OCCO[C@@H]1CCC[C@H](OCc2nc(-c3cccc(C)c3)oc2C)C1. The zero-order chi connectivity index (χ0) is 26.2. The monoisotopic (exact) mass is 507 g/mol. The minimum absolute atomic E-state index is 0.116. The summed E-state index contributed by atoms with van der Waals surface area (Å²) in [5.41, 5.74) is 4.29. The van der Waals surface area contributed by atoms with Crippen molar-refractivity contribution < 1.29 is 28.2 Å². The number of hydrogen-bond acceptors (Lipinski definition) is 7. The Balaban J connectivity index is 1.24. The molecule has 1 aliphatic carbocycles. The lowest BCUT2D eigenvalue weighted by Gasteiger charge is -2.29. The Hall–Kier alpha value is -3.16. The van der Waals surface area contributed by atoms with Crippen molar-refractivity contribution in [1.29, 1.82) is 0 Å². The molecule has 7 nitrogen and oxygen atoms in total. The smallest absolute Gasteiger partial charge is 0.342 e. The van der Waals surface area contributed by atoms with Crippen LogP contribution in [0.15, 0.2) is 46.9 Å². The molecule has 198 valence electrons. The number of benzene rings is 2. The Morgan fingerprint density at radius 1 is 1.03 bits per heavy atom. The summed E-state index contributed by atoms with van der Waals surface area (Å²) in [7, 11) is 0. The van der Waals surface area contributed by atoms with E-state index in [4.69, 9.17) is 23.4 Å². The van der Waals surface area contributed by atoms with Gasteiger partial charge in [-0.25, -0.2) is 9.78 Å². The molecule has 1 heterocycles. The molecule has 1 aliphatic rings. The van der Waals surface area contributed by atoms with E-state index in [-0.39, 0.29) is 18.2 Å². The van der Waals surface area contributed by atoms with Crippen molar-refractivity contribution in [3.63, 3.8) is 0 Å². The highest BCUT2D eigenvalue weighted by molar-refractivity contribution is 5.94. The first-order chi connectivity index (χ1) is 17.9. The second kappa shape index (κ2) is 12.9. The number of hydrogen-bond donors (Lipinski definition) is 0. The molecule has 0 aliphatic heterocycles. The number of aryl methyl sites for hydroxylation is 3. The van der Waals surface area contributed by atoms with Crippen LogP contribution in [-0.4, -0.2) is 43.0 Å². The number of aromatic nitrogens is 1. The fourth-order valence-corrected chi connectivity index (χ4v) is 4.66. The Morgan fingerprint density at radius 2 is 1.81 bits per heavy atom. The van der Waals surface area contributed by atoms with Crippen LogP contribution in [0.4, 0.5) is 0 Å². The van der Waals surface area contributed by atoms with Crippen molar-refractivity contribution in [3.8, 4) is 17.2 Å². The third-order valence-corrected chi connectivity index (χ3v) is 6.60. The van der Waals surface area contributed by atoms with E-state index in [1.54, 1.807) is 13.0 Å². The van der Waals surface area contributed by atoms with Gasteiger partial charge in [0.2, 0.25) is 5.89 Å². The van der Waals surface area contributed by atoms with Gasteiger partial charge in [0.05, 0.1) is 32.0 Å². The number of carbonyl (C=O) groups excluding carboxylic acids is 1. The van der Waals surface area contributed by atoms with Crippen LogP contribution in [0.1, 0.15) is 65.5 Å². The molecular formula is C30H37NO6. The summed E-state index contributed by atoms with van der Waals surface area (Å²) in [6, 6.07) is 13.7. The third kappa shape index (κ3) is 7.21. The predicted molar refractivity (Wildman–Crippen MR) is 141 cm³/mol. The molecule has 7 heteroatoms. The molecule has 1 aromatic heterocycles. The Bertz CT molecular complexity index is 1190. The van der Waals surface area contributed by atoms with Gasteiger partial charge in [-0.1, -0.05) is 29.8 Å². The normalized spacial score (nSPS) is 17.5. The number of oxazole rings is 1. The zero-order valence-corrected chi connectivity index (χ0v) is 22.2. The molecule has 0 bridgehead atoms. The lowest BCUT2D eigenvalue weighted by molar-refractivity contribution is -0.0556. The van der Waals surface area contributed by atoms with Crippen molar-refractivity contribution in [2.24, 2.45) is 0 Å². The molecule has 0 spiro atoms. The second-order valence-corrected chi connectivity index (χ2v) is 9.50. The van der Waals surface area contributed by atoms with Gasteiger partial charge in [-0.05, 0) is 77.1 Å². The van der Waals surface area contributed by atoms with Crippen LogP contribution >= 0.6 is 0 Å². The molecule has 0 amide bonds. The summed E-state index contributed by atoms with van der Waals surface area (Å²) in [6.07, 6.45) is 4.12. The van der Waals surface area contributed by atoms with E-state index in [9.17, 15) is 4.79 Å². The molecule has 1 fully saturated rings. The topological polar surface area (TPSA) is 80.0 Å². The van der Waals surface area contributed by atoms with Crippen molar-refractivity contribution in [2.45, 2.75) is 72.2 Å². The minimum Gasteiger partial charge on any atom is -0.490 e. The number of rotatable bonds is 11. The van der Waals surface area contributed by atoms with E-state index in [1.807, 2.05) is 38.1 Å². The van der Waals surface area contributed by atoms with Gasteiger partial charge in [0.15, 0.2) is 0 Å². The number of nitrogens with zero attached hydrogens (tertiary/aromatic N) is 1. The van der Waals surface area contributed by atoms with E-state index in [2.05, 4.69) is 24.0 Å². The van der Waals surface area contributed by atoms with Gasteiger partial charge in [0.25, 0.3) is 0 Å². The number of ether oxygens (including phenoxy) is 4. The van der Waals surface area contributed by atoms with Crippen LogP contribution in [0, 0.1) is 20.8 Å². The van der Waals surface area contributed by atoms with Crippen molar-refractivity contribution >= 4 is 5.97 Å². The van der Waals surface area contributed by atoms with Gasteiger partial charge < -0.3 is 23.4 Å². The molecule has 2 aromatic carbocycles. The van der Waals surface area contributed by atoms with Crippen LogP contribution in [0.3, 0.4) is 0 Å². The van der Waals surface area contributed by atoms with Gasteiger partial charge in [-0.15, -0.1) is 0 Å². The lowest BCUT2D eigenvalue weighted by Crippen LogP contribution is -2.29. The first-order valence-corrected chi connectivity index (χ1v) is 13.1. The summed E-state index contributed by atoms with van der Waals surface area (Å²) >= 11 is 0. The summed E-state index contributed by atoms with van der Waals surface area (Å²) in [5.74, 6) is 1.58. The van der Waals surface area contributed by atoms with Gasteiger partial charge in [0, 0.05) is 5.56 Å². The molecule has 2 atom stereocenters. The van der Waals surface area contributed by atoms with Gasteiger partial charge in [-0.3, -0.25) is 0 Å². The van der Waals surface area contributed by atoms with Crippen molar-refractivity contribution in [3.05, 3.63) is 70.6 Å². The largest absolute Gasteiger partial charge is 0.490 e. The number of esters is 1. The first kappa shape index (κ1) is 26.9. The number of carbonyl (C=O) groups is 1. The molecular weight excluding hydrogens is 470 g/mol. The average molecular weight is 508 g/mol. The van der Waals surface area contributed by atoms with E-state index >= 15 is 0 Å². The van der Waals surface area contributed by atoms with E-state index < -0.39 is 0 Å².